The van der Waals surface area contributed by atoms with Gasteiger partial charge in [0.1, 0.15) is 5.82 Å². The van der Waals surface area contributed by atoms with Gasteiger partial charge in [-0.2, -0.15) is 0 Å². The first-order valence-electron chi connectivity index (χ1n) is 6.45. The number of aliphatic carboxylic acids is 1. The van der Waals surface area contributed by atoms with Crippen molar-refractivity contribution in [1.29, 1.82) is 0 Å². The Labute approximate surface area is 122 Å². The van der Waals surface area contributed by atoms with Crippen LogP contribution >= 0.6 is 0 Å². The molecule has 0 aliphatic heterocycles. The lowest BCUT2D eigenvalue weighted by Gasteiger charge is -2.18. The summed E-state index contributed by atoms with van der Waals surface area (Å²) in [5.74, 6) is -1.49. The fourth-order valence-corrected chi connectivity index (χ4v) is 1.79. The molecular weight excluding hydrogens is 279 g/mol. The van der Waals surface area contributed by atoms with E-state index in [9.17, 15) is 14.0 Å². The number of methoxy groups -OCH3 is 1. The highest BCUT2D eigenvalue weighted by atomic mass is 19.1. The van der Waals surface area contributed by atoms with Crippen LogP contribution in [0.25, 0.3) is 0 Å². The predicted octanol–water partition coefficient (Wildman–Crippen LogP) is 1.16. The number of carboxylic acid groups (broad SMARTS) is 1. The number of hydrogen-bond acceptors (Lipinski definition) is 3. The maximum atomic E-state index is 12.8. The summed E-state index contributed by atoms with van der Waals surface area (Å²) in [6.07, 6.45) is 0.510. The molecule has 1 aromatic carbocycles. The quantitative estimate of drug-likeness (QED) is 0.705. The summed E-state index contributed by atoms with van der Waals surface area (Å²) < 4.78 is 17.5. The van der Waals surface area contributed by atoms with Crippen LogP contribution in [0.3, 0.4) is 0 Å². The first-order valence-corrected chi connectivity index (χ1v) is 6.45. The van der Waals surface area contributed by atoms with Crippen LogP contribution in [0.2, 0.25) is 0 Å². The molecule has 0 fully saturated rings. The van der Waals surface area contributed by atoms with Gasteiger partial charge in [-0.15, -0.1) is 0 Å². The molecule has 0 radical (unpaired) electrons. The number of rotatable bonds is 7. The number of nitrogens with one attached hydrogen (secondary N) is 2. The fourth-order valence-electron chi connectivity index (χ4n) is 1.79. The van der Waals surface area contributed by atoms with Gasteiger partial charge in [0.2, 0.25) is 0 Å². The topological polar surface area (TPSA) is 87.7 Å². The van der Waals surface area contributed by atoms with Gasteiger partial charge in [-0.25, -0.2) is 14.0 Å². The molecule has 116 valence electrons. The van der Waals surface area contributed by atoms with Gasteiger partial charge in [0, 0.05) is 13.2 Å². The van der Waals surface area contributed by atoms with E-state index in [0.717, 1.165) is 5.56 Å². The molecule has 0 aliphatic carbocycles. The third-order valence-corrected chi connectivity index (χ3v) is 2.77. The highest BCUT2D eigenvalue weighted by molar-refractivity contribution is 5.82. The molecule has 2 atom stereocenters. The largest absolute Gasteiger partial charge is 0.480 e. The molecule has 0 heterocycles. The number of hydrogen-bond donors (Lipinski definition) is 3. The molecule has 0 aromatic heterocycles. The average Bonchev–Trinajstić information content (AvgIpc) is 2.40. The molecule has 0 saturated heterocycles. The van der Waals surface area contributed by atoms with Gasteiger partial charge in [0.05, 0.1) is 6.61 Å². The van der Waals surface area contributed by atoms with Gasteiger partial charge in [-0.3, -0.25) is 0 Å². The maximum absolute atomic E-state index is 12.8. The lowest BCUT2D eigenvalue weighted by atomic mass is 10.1. The molecule has 0 saturated carbocycles. The molecule has 3 N–H and O–H groups in total. The van der Waals surface area contributed by atoms with E-state index in [2.05, 4.69) is 10.6 Å². The van der Waals surface area contributed by atoms with Crippen molar-refractivity contribution >= 4 is 12.0 Å². The molecule has 1 rings (SSSR count). The van der Waals surface area contributed by atoms with Crippen LogP contribution in [0.1, 0.15) is 12.5 Å². The monoisotopic (exact) mass is 298 g/mol. The average molecular weight is 298 g/mol. The van der Waals surface area contributed by atoms with Crippen molar-refractivity contribution in [2.75, 3.05) is 13.7 Å². The number of carboxylic acids is 1. The van der Waals surface area contributed by atoms with Crippen molar-refractivity contribution < 1.29 is 23.8 Å². The van der Waals surface area contributed by atoms with Gasteiger partial charge in [-0.05, 0) is 31.0 Å². The number of urea groups is 1. The maximum Gasteiger partial charge on any atom is 0.328 e. The third-order valence-electron chi connectivity index (χ3n) is 2.77. The second-order valence-corrected chi connectivity index (χ2v) is 4.70. The van der Waals surface area contributed by atoms with E-state index in [1.54, 1.807) is 19.1 Å². The van der Waals surface area contributed by atoms with Crippen LogP contribution in [0, 0.1) is 5.82 Å². The van der Waals surface area contributed by atoms with Crippen molar-refractivity contribution in [3.8, 4) is 0 Å². The molecule has 2 unspecified atom stereocenters. The molecular formula is C14H19FN2O4. The van der Waals surface area contributed by atoms with Gasteiger partial charge in [0.15, 0.2) is 6.04 Å². The second-order valence-electron chi connectivity index (χ2n) is 4.70. The molecule has 0 aliphatic rings. The predicted molar refractivity (Wildman–Crippen MR) is 74.5 cm³/mol. The lowest BCUT2D eigenvalue weighted by molar-refractivity contribution is -0.140. The second kappa shape index (κ2) is 8.21. The molecule has 6 nitrogen and oxygen atoms in total. The summed E-state index contributed by atoms with van der Waals surface area (Å²) >= 11 is 0. The van der Waals surface area contributed by atoms with Gasteiger partial charge < -0.3 is 20.5 Å². The number of amides is 2. The Morgan fingerprint density at radius 2 is 1.90 bits per heavy atom. The van der Waals surface area contributed by atoms with Crippen LogP contribution in [-0.2, 0) is 16.0 Å². The fraction of sp³-hybridized carbons (Fsp3) is 0.429. The highest BCUT2D eigenvalue weighted by Crippen LogP contribution is 2.05. The SMILES string of the molecule is COCC(NC(=O)NC(C)Cc1ccc(F)cc1)C(=O)O. The lowest BCUT2D eigenvalue weighted by Crippen LogP contribution is -2.50. The first-order chi connectivity index (χ1) is 9.92. The van der Waals surface area contributed by atoms with E-state index < -0.39 is 18.0 Å². The Morgan fingerprint density at radius 1 is 1.29 bits per heavy atom. The zero-order chi connectivity index (χ0) is 15.8. The number of halogens is 1. The van der Waals surface area contributed by atoms with Crippen LogP contribution in [-0.4, -0.2) is 42.9 Å². The smallest absolute Gasteiger partial charge is 0.328 e. The van der Waals surface area contributed by atoms with Crippen molar-refractivity contribution in [2.24, 2.45) is 0 Å². The Kier molecular flexibility index (Phi) is 6.61. The van der Waals surface area contributed by atoms with E-state index in [0.29, 0.717) is 6.42 Å². The summed E-state index contributed by atoms with van der Waals surface area (Å²) in [5, 5.41) is 13.8. The zero-order valence-electron chi connectivity index (χ0n) is 11.9. The molecule has 21 heavy (non-hydrogen) atoms. The van der Waals surface area contributed by atoms with Gasteiger partial charge in [-0.1, -0.05) is 12.1 Å². The number of benzene rings is 1. The summed E-state index contributed by atoms with van der Waals surface area (Å²) in [6.45, 7) is 1.66. The molecule has 2 amide bonds. The number of carbonyl (C=O) groups is 2. The van der Waals surface area contributed by atoms with E-state index >= 15 is 0 Å². The Morgan fingerprint density at radius 3 is 2.43 bits per heavy atom. The summed E-state index contributed by atoms with van der Waals surface area (Å²) in [4.78, 5) is 22.6. The molecule has 7 heteroatoms. The van der Waals surface area contributed by atoms with Crippen LogP contribution in [0.4, 0.5) is 9.18 Å². The van der Waals surface area contributed by atoms with Gasteiger partial charge in [0.25, 0.3) is 0 Å². The van der Waals surface area contributed by atoms with E-state index in [1.807, 2.05) is 0 Å². The third kappa shape index (κ3) is 6.22. The highest BCUT2D eigenvalue weighted by Gasteiger charge is 2.20. The minimum absolute atomic E-state index is 0.116. The molecule has 0 spiro atoms. The Hall–Kier alpha value is -2.15. The van der Waals surface area contributed by atoms with E-state index in [-0.39, 0.29) is 18.5 Å². The van der Waals surface area contributed by atoms with Crippen molar-refractivity contribution in [2.45, 2.75) is 25.4 Å². The van der Waals surface area contributed by atoms with Crippen molar-refractivity contribution in [3.63, 3.8) is 0 Å². The van der Waals surface area contributed by atoms with Crippen LogP contribution < -0.4 is 10.6 Å². The van der Waals surface area contributed by atoms with Crippen molar-refractivity contribution in [1.82, 2.24) is 10.6 Å². The van der Waals surface area contributed by atoms with E-state index in [1.165, 1.54) is 19.2 Å². The van der Waals surface area contributed by atoms with Crippen LogP contribution in [0.5, 0.6) is 0 Å². The summed E-state index contributed by atoms with van der Waals surface area (Å²) in [5.41, 5.74) is 0.871. The normalized spacial score (nSPS) is 13.3. The Bertz CT molecular complexity index is 478. The molecule has 1 aromatic rings. The number of ether oxygens (including phenoxy) is 1. The summed E-state index contributed by atoms with van der Waals surface area (Å²) in [6, 6.07) is 4.05. The zero-order valence-corrected chi connectivity index (χ0v) is 11.9. The standard InChI is InChI=1S/C14H19FN2O4/c1-9(7-10-3-5-11(15)6-4-10)16-14(20)17-12(8-21-2)13(18)19/h3-6,9,12H,7-8H2,1-2H3,(H,18,19)(H2,16,17,20). The van der Waals surface area contributed by atoms with Gasteiger partial charge >= 0.3 is 12.0 Å². The Balaban J connectivity index is 2.46. The van der Waals surface area contributed by atoms with E-state index in [4.69, 9.17) is 9.84 Å². The number of carbonyl (C=O) groups excluding carboxylic acids is 1. The molecule has 0 bridgehead atoms. The first kappa shape index (κ1) is 16.9. The van der Waals surface area contributed by atoms with Crippen LogP contribution in [0.15, 0.2) is 24.3 Å². The van der Waals surface area contributed by atoms with Crippen molar-refractivity contribution in [3.05, 3.63) is 35.6 Å². The summed E-state index contributed by atoms with van der Waals surface area (Å²) in [7, 11) is 1.35. The minimum atomic E-state index is -1.17. The minimum Gasteiger partial charge on any atom is -0.480 e.